The van der Waals surface area contributed by atoms with Gasteiger partial charge in [0.1, 0.15) is 18.3 Å². The number of imidazole rings is 1. The van der Waals surface area contributed by atoms with Crippen LogP contribution in [0.1, 0.15) is 17.4 Å². The van der Waals surface area contributed by atoms with Crippen molar-refractivity contribution >= 4 is 49.5 Å². The number of anilines is 1. The lowest BCUT2D eigenvalue weighted by Gasteiger charge is -2.16. The lowest BCUT2D eigenvalue weighted by atomic mass is 10.1. The van der Waals surface area contributed by atoms with Crippen molar-refractivity contribution in [1.82, 2.24) is 23.5 Å². The van der Waals surface area contributed by atoms with E-state index in [9.17, 15) is 23.7 Å². The first-order valence-electron chi connectivity index (χ1n) is 13.0. The van der Waals surface area contributed by atoms with Crippen molar-refractivity contribution in [3.05, 3.63) is 71.1 Å². The van der Waals surface area contributed by atoms with Crippen LogP contribution < -0.4 is 10.5 Å². The molecule has 42 heavy (non-hydrogen) atoms. The molecule has 5 aromatic rings. The standard InChI is InChI=1S/C27H27ClN6O7S/c1-14-2-5-17(6-3-14)42(38,39)34-11-15(18-7-4-16(28)10-19(18)34)8-9-40-27-31-24(29)21-25(32-27)33(13-30-21)26-23(37)22(36)20(12-35)41-26/h2-7,10-11,13,20,22-23,26,35-37H,8-9,12H2,1H3,(H2,29,31,32)/t20-,22-,23-,26-/m1/s1. The highest BCUT2D eigenvalue weighted by Gasteiger charge is 2.44. The lowest BCUT2D eigenvalue weighted by Crippen LogP contribution is -2.33. The van der Waals surface area contributed by atoms with E-state index in [1.54, 1.807) is 48.7 Å². The van der Waals surface area contributed by atoms with Gasteiger partial charge in [0.15, 0.2) is 23.2 Å². The summed E-state index contributed by atoms with van der Waals surface area (Å²) in [5.74, 6) is 0.0240. The van der Waals surface area contributed by atoms with Gasteiger partial charge in [0, 0.05) is 23.0 Å². The second kappa shape index (κ2) is 10.8. The Balaban J connectivity index is 1.27. The number of halogens is 1. The molecule has 0 spiro atoms. The van der Waals surface area contributed by atoms with Crippen LogP contribution in [0.15, 0.2) is 59.9 Å². The van der Waals surface area contributed by atoms with E-state index >= 15 is 0 Å². The van der Waals surface area contributed by atoms with Crippen LogP contribution in [0.25, 0.3) is 22.1 Å². The summed E-state index contributed by atoms with van der Waals surface area (Å²) < 4.78 is 41.1. The highest BCUT2D eigenvalue weighted by molar-refractivity contribution is 7.90. The maximum Gasteiger partial charge on any atom is 0.320 e. The van der Waals surface area contributed by atoms with Gasteiger partial charge >= 0.3 is 6.01 Å². The summed E-state index contributed by atoms with van der Waals surface area (Å²) in [6.45, 7) is 1.46. The molecule has 4 atom stereocenters. The molecule has 2 aromatic carbocycles. The third-order valence-corrected chi connectivity index (χ3v) is 9.14. The van der Waals surface area contributed by atoms with Crippen molar-refractivity contribution in [2.75, 3.05) is 18.9 Å². The second-order valence-corrected chi connectivity index (χ2v) is 12.2. The highest BCUT2D eigenvalue weighted by atomic mass is 35.5. The van der Waals surface area contributed by atoms with E-state index in [0.29, 0.717) is 27.9 Å². The minimum atomic E-state index is -3.91. The average Bonchev–Trinajstić information content (AvgIpc) is 3.63. The molecule has 0 bridgehead atoms. The maximum absolute atomic E-state index is 13.5. The molecule has 5 N–H and O–H groups in total. The van der Waals surface area contributed by atoms with E-state index < -0.39 is 41.2 Å². The van der Waals surface area contributed by atoms with E-state index in [1.807, 2.05) is 6.92 Å². The third-order valence-electron chi connectivity index (χ3n) is 7.22. The number of hydrogen-bond acceptors (Lipinski definition) is 11. The molecule has 15 heteroatoms. The topological polar surface area (TPSA) is 188 Å². The molecule has 1 fully saturated rings. The monoisotopic (exact) mass is 614 g/mol. The Kier molecular flexibility index (Phi) is 7.29. The molecule has 1 aliphatic heterocycles. The number of rotatable bonds is 8. The maximum atomic E-state index is 13.5. The predicted octanol–water partition coefficient (Wildman–Crippen LogP) is 1.80. The number of nitrogens with zero attached hydrogens (tertiary/aromatic N) is 5. The number of benzene rings is 2. The van der Waals surface area contributed by atoms with Crippen LogP contribution in [0.5, 0.6) is 6.01 Å². The molecule has 4 heterocycles. The van der Waals surface area contributed by atoms with Crippen molar-refractivity contribution in [1.29, 1.82) is 0 Å². The smallest absolute Gasteiger partial charge is 0.320 e. The predicted molar refractivity (Wildman–Crippen MR) is 153 cm³/mol. The SMILES string of the molecule is Cc1ccc(S(=O)(=O)n2cc(CCOc3nc(N)c4ncn([C@@H]5O[C@H](CO)[C@@H](O)[C@H]5O)c4n3)c3ccc(Cl)cc32)cc1. The Morgan fingerprint density at radius 3 is 2.60 bits per heavy atom. The third kappa shape index (κ3) is 4.85. The van der Waals surface area contributed by atoms with Crippen LogP contribution >= 0.6 is 11.6 Å². The molecule has 0 radical (unpaired) electrons. The molecular weight excluding hydrogens is 588 g/mol. The zero-order valence-corrected chi connectivity index (χ0v) is 23.8. The fraction of sp³-hybridized carbons (Fsp3) is 0.296. The van der Waals surface area contributed by atoms with Crippen molar-refractivity contribution < 1.29 is 33.2 Å². The van der Waals surface area contributed by atoms with Gasteiger partial charge in [0.25, 0.3) is 10.0 Å². The molecule has 13 nitrogen and oxygen atoms in total. The summed E-state index contributed by atoms with van der Waals surface area (Å²) >= 11 is 6.23. The lowest BCUT2D eigenvalue weighted by molar-refractivity contribution is -0.0511. The molecule has 220 valence electrons. The second-order valence-electron chi connectivity index (χ2n) is 9.97. The van der Waals surface area contributed by atoms with Crippen LogP contribution in [-0.4, -0.2) is 78.8 Å². The van der Waals surface area contributed by atoms with E-state index in [0.717, 1.165) is 5.56 Å². The molecule has 6 rings (SSSR count). The Morgan fingerprint density at radius 2 is 1.88 bits per heavy atom. The first kappa shape index (κ1) is 28.3. The first-order valence-corrected chi connectivity index (χ1v) is 14.8. The van der Waals surface area contributed by atoms with Crippen LogP contribution in [0, 0.1) is 6.92 Å². The van der Waals surface area contributed by atoms with Gasteiger partial charge in [-0.15, -0.1) is 0 Å². The van der Waals surface area contributed by atoms with Crippen LogP contribution in [0.4, 0.5) is 5.82 Å². The van der Waals surface area contributed by atoms with Crippen molar-refractivity contribution in [2.45, 2.75) is 42.8 Å². The number of fused-ring (bicyclic) bond motifs is 2. The van der Waals surface area contributed by atoms with Gasteiger partial charge in [-0.2, -0.15) is 9.97 Å². The van der Waals surface area contributed by atoms with Gasteiger partial charge in [0.2, 0.25) is 0 Å². The van der Waals surface area contributed by atoms with E-state index in [-0.39, 0.29) is 34.5 Å². The van der Waals surface area contributed by atoms with E-state index in [2.05, 4.69) is 15.0 Å². The molecule has 1 aliphatic rings. The molecule has 0 aliphatic carbocycles. The number of ether oxygens (including phenoxy) is 2. The Hall–Kier alpha value is -3.79. The Bertz CT molecular complexity index is 1890. The molecule has 3 aromatic heterocycles. The Morgan fingerprint density at radius 1 is 1.12 bits per heavy atom. The molecule has 1 saturated heterocycles. The van der Waals surface area contributed by atoms with Gasteiger partial charge in [-0.25, -0.2) is 17.4 Å². The van der Waals surface area contributed by atoms with Gasteiger partial charge in [-0.1, -0.05) is 35.4 Å². The number of hydrogen-bond donors (Lipinski definition) is 4. The number of aliphatic hydroxyl groups excluding tert-OH is 3. The minimum Gasteiger partial charge on any atom is -0.463 e. The van der Waals surface area contributed by atoms with E-state index in [1.165, 1.54) is 14.9 Å². The fourth-order valence-corrected chi connectivity index (χ4v) is 6.54. The fourth-order valence-electron chi connectivity index (χ4n) is 4.99. The van der Waals surface area contributed by atoms with E-state index in [4.69, 9.17) is 26.8 Å². The quantitative estimate of drug-likeness (QED) is 0.199. The van der Waals surface area contributed by atoms with Crippen LogP contribution in [0.2, 0.25) is 5.02 Å². The normalized spacial score (nSPS) is 21.0. The van der Waals surface area contributed by atoms with Crippen LogP contribution in [-0.2, 0) is 21.2 Å². The van der Waals surface area contributed by atoms with Gasteiger partial charge in [-0.05, 0) is 36.8 Å². The number of aromatic nitrogens is 5. The first-order chi connectivity index (χ1) is 20.1. The Labute approximate surface area is 244 Å². The summed E-state index contributed by atoms with van der Waals surface area (Å²) in [4.78, 5) is 12.9. The molecule has 0 saturated carbocycles. The number of aliphatic hydroxyl groups is 3. The molecule has 0 unspecified atom stereocenters. The van der Waals surface area contributed by atoms with Crippen molar-refractivity contribution in [3.63, 3.8) is 0 Å². The summed E-state index contributed by atoms with van der Waals surface area (Å²) in [6.07, 6.45) is -1.52. The number of nitrogens with two attached hydrogens (primary N) is 1. The zero-order valence-electron chi connectivity index (χ0n) is 22.2. The van der Waals surface area contributed by atoms with Gasteiger partial charge < -0.3 is 30.5 Å². The van der Waals surface area contributed by atoms with Gasteiger partial charge in [-0.3, -0.25) is 4.57 Å². The summed E-state index contributed by atoms with van der Waals surface area (Å²) in [5, 5.41) is 31.1. The summed E-state index contributed by atoms with van der Waals surface area (Å²) in [6, 6.07) is 11.6. The van der Waals surface area contributed by atoms with Crippen molar-refractivity contribution in [2.24, 2.45) is 0 Å². The van der Waals surface area contributed by atoms with Crippen LogP contribution in [0.3, 0.4) is 0 Å². The minimum absolute atomic E-state index is 0.0240. The average molecular weight is 615 g/mol. The number of aryl methyl sites for hydroxylation is 1. The highest BCUT2D eigenvalue weighted by Crippen LogP contribution is 2.33. The summed E-state index contributed by atoms with van der Waals surface area (Å²) in [5.41, 5.74) is 8.59. The van der Waals surface area contributed by atoms with Crippen molar-refractivity contribution in [3.8, 4) is 6.01 Å². The zero-order chi connectivity index (χ0) is 29.8. The number of nitrogen functional groups attached to an aromatic ring is 1. The largest absolute Gasteiger partial charge is 0.463 e. The molecule has 0 amide bonds. The molecular formula is C27H27ClN6O7S. The summed E-state index contributed by atoms with van der Waals surface area (Å²) in [7, 11) is -3.91. The van der Waals surface area contributed by atoms with Gasteiger partial charge in [0.05, 0.1) is 30.0 Å².